The lowest BCUT2D eigenvalue weighted by Gasteiger charge is -2.38. The zero-order valence-corrected chi connectivity index (χ0v) is 20.8. The lowest BCUT2D eigenvalue weighted by Crippen LogP contribution is -2.45. The van der Waals surface area contributed by atoms with Gasteiger partial charge in [0.1, 0.15) is 12.2 Å². The Morgan fingerprint density at radius 1 is 1.09 bits per heavy atom. The second-order valence-corrected chi connectivity index (χ2v) is 9.63. The highest BCUT2D eigenvalue weighted by Gasteiger charge is 2.49. The predicted molar refractivity (Wildman–Crippen MR) is 124 cm³/mol. The molecule has 184 valence electrons. The minimum Gasteiger partial charge on any atom is -0.458 e. The van der Waals surface area contributed by atoms with Crippen LogP contribution < -0.4 is 0 Å². The van der Waals surface area contributed by atoms with Crippen molar-refractivity contribution in [2.45, 2.75) is 85.7 Å². The number of carbonyl (C=O) groups is 3. The topological polar surface area (TPSA) is 99.1 Å². The van der Waals surface area contributed by atoms with E-state index < -0.39 is 54.2 Å². The van der Waals surface area contributed by atoms with E-state index in [0.29, 0.717) is 6.42 Å². The minimum absolute atomic E-state index is 0.0317. The summed E-state index contributed by atoms with van der Waals surface area (Å²) in [4.78, 5) is 35.7. The summed E-state index contributed by atoms with van der Waals surface area (Å²) < 4.78 is 16.8. The first-order valence-corrected chi connectivity index (χ1v) is 11.5. The Morgan fingerprint density at radius 3 is 2.21 bits per heavy atom. The van der Waals surface area contributed by atoms with E-state index in [-0.39, 0.29) is 11.8 Å². The molecule has 2 aliphatic rings. The highest BCUT2D eigenvalue weighted by molar-refractivity contribution is 5.68. The number of rotatable bonds is 7. The number of fused-ring (bicyclic) bond motifs is 1. The molecule has 2 rings (SSSR count). The van der Waals surface area contributed by atoms with Gasteiger partial charge in [0.2, 0.25) is 0 Å². The molecule has 1 N–H and O–H groups in total. The largest absolute Gasteiger partial charge is 0.458 e. The monoisotopic (exact) mass is 462 g/mol. The molecule has 1 saturated carbocycles. The smallest absolute Gasteiger partial charge is 0.303 e. The van der Waals surface area contributed by atoms with Crippen LogP contribution in [-0.4, -0.2) is 47.4 Å². The third-order valence-electron chi connectivity index (χ3n) is 6.76. The maximum atomic E-state index is 12.0. The van der Waals surface area contributed by atoms with Crippen molar-refractivity contribution in [1.82, 2.24) is 0 Å². The number of esters is 3. The molecule has 0 saturated heterocycles. The van der Waals surface area contributed by atoms with Gasteiger partial charge in [-0.15, -0.1) is 0 Å². The van der Waals surface area contributed by atoms with Crippen molar-refractivity contribution in [3.63, 3.8) is 0 Å². The van der Waals surface area contributed by atoms with Gasteiger partial charge in [-0.2, -0.15) is 0 Å². The molecule has 8 unspecified atom stereocenters. The first kappa shape index (κ1) is 26.8. The number of ether oxygens (including phenoxy) is 3. The Bertz CT molecular complexity index is 836. The van der Waals surface area contributed by atoms with Gasteiger partial charge in [-0.05, 0) is 57.1 Å². The molecule has 0 heterocycles. The van der Waals surface area contributed by atoms with Gasteiger partial charge in [-0.3, -0.25) is 14.4 Å². The van der Waals surface area contributed by atoms with E-state index in [0.717, 1.165) is 23.1 Å². The maximum absolute atomic E-state index is 12.0. The van der Waals surface area contributed by atoms with Gasteiger partial charge in [-0.25, -0.2) is 0 Å². The summed E-state index contributed by atoms with van der Waals surface area (Å²) in [6, 6.07) is 0. The van der Waals surface area contributed by atoms with Crippen LogP contribution >= 0.6 is 0 Å². The summed E-state index contributed by atoms with van der Waals surface area (Å²) in [6.45, 7) is 15.8. The van der Waals surface area contributed by atoms with Gasteiger partial charge < -0.3 is 19.3 Å². The summed E-state index contributed by atoms with van der Waals surface area (Å²) in [5.74, 6) is -2.44. The number of aliphatic hydroxyl groups is 1. The van der Waals surface area contributed by atoms with Crippen molar-refractivity contribution in [1.29, 1.82) is 0 Å². The van der Waals surface area contributed by atoms with Crippen LogP contribution in [0.4, 0.5) is 0 Å². The van der Waals surface area contributed by atoms with Gasteiger partial charge in [0.15, 0.2) is 6.10 Å². The average molecular weight is 463 g/mol. The van der Waals surface area contributed by atoms with E-state index in [2.05, 4.69) is 12.7 Å². The second-order valence-electron chi connectivity index (χ2n) is 9.63. The molecule has 0 aromatic rings. The van der Waals surface area contributed by atoms with Crippen molar-refractivity contribution < 1.29 is 33.7 Å². The van der Waals surface area contributed by atoms with Crippen molar-refractivity contribution in [2.24, 2.45) is 23.7 Å². The van der Waals surface area contributed by atoms with E-state index in [9.17, 15) is 19.5 Å². The Hall–Kier alpha value is -2.41. The van der Waals surface area contributed by atoms with Crippen LogP contribution in [-0.2, 0) is 28.6 Å². The van der Waals surface area contributed by atoms with Crippen LogP contribution in [0.25, 0.3) is 0 Å². The van der Waals surface area contributed by atoms with Crippen molar-refractivity contribution in [3.8, 4) is 0 Å². The molecule has 0 spiro atoms. The number of hydrogen-bond donors (Lipinski definition) is 1. The number of allylic oxidation sites excluding steroid dienone is 2. The van der Waals surface area contributed by atoms with Gasteiger partial charge in [0, 0.05) is 32.6 Å². The van der Waals surface area contributed by atoms with Crippen LogP contribution in [0.15, 0.2) is 35.5 Å². The zero-order chi connectivity index (χ0) is 25.0. The van der Waals surface area contributed by atoms with Gasteiger partial charge in [0.05, 0.1) is 6.10 Å². The lowest BCUT2D eigenvalue weighted by molar-refractivity contribution is -0.169. The summed E-state index contributed by atoms with van der Waals surface area (Å²) in [5.41, 5.74) is 2.76. The molecule has 7 nitrogen and oxygen atoms in total. The Balaban J connectivity index is 2.51. The van der Waals surface area contributed by atoms with Crippen molar-refractivity contribution in [3.05, 3.63) is 35.5 Å². The number of aliphatic hydroxyl groups excluding tert-OH is 1. The molecule has 0 amide bonds. The zero-order valence-electron chi connectivity index (χ0n) is 20.8. The van der Waals surface area contributed by atoms with Crippen LogP contribution in [0.5, 0.6) is 0 Å². The molecular weight excluding hydrogens is 424 g/mol. The fourth-order valence-corrected chi connectivity index (χ4v) is 5.32. The normalized spacial score (nSPS) is 29.5. The number of carbonyl (C=O) groups excluding carboxylic acids is 3. The summed E-state index contributed by atoms with van der Waals surface area (Å²) >= 11 is 0. The molecule has 0 aliphatic heterocycles. The maximum Gasteiger partial charge on any atom is 0.303 e. The number of hydrogen-bond acceptors (Lipinski definition) is 7. The quantitative estimate of drug-likeness (QED) is 0.348. The van der Waals surface area contributed by atoms with E-state index in [1.807, 2.05) is 27.7 Å². The average Bonchev–Trinajstić information content (AvgIpc) is 3.03. The fourth-order valence-electron chi connectivity index (χ4n) is 5.32. The summed E-state index contributed by atoms with van der Waals surface area (Å²) in [5, 5.41) is 11.6. The fraction of sp³-hybridized carbons (Fsp3) is 0.654. The van der Waals surface area contributed by atoms with Gasteiger partial charge in [-0.1, -0.05) is 30.7 Å². The van der Waals surface area contributed by atoms with Crippen LogP contribution in [0.1, 0.15) is 61.3 Å². The third-order valence-corrected chi connectivity index (χ3v) is 6.76. The lowest BCUT2D eigenvalue weighted by atomic mass is 9.75. The SMILES string of the molecule is C=C1C(OC(C)=O)CC(C(C)C(OC(C)=O)C(C=C(C)C)OC(C)=O)C(O)C2C(C)=CCC12. The van der Waals surface area contributed by atoms with Gasteiger partial charge >= 0.3 is 17.9 Å². The molecule has 0 aromatic carbocycles. The highest BCUT2D eigenvalue weighted by Crippen LogP contribution is 2.48. The Morgan fingerprint density at radius 2 is 1.70 bits per heavy atom. The molecular formula is C26H38O7. The third kappa shape index (κ3) is 6.56. The van der Waals surface area contributed by atoms with Crippen LogP contribution in [0.3, 0.4) is 0 Å². The Labute approximate surface area is 196 Å². The van der Waals surface area contributed by atoms with E-state index in [1.54, 1.807) is 6.08 Å². The Kier molecular flexibility index (Phi) is 9.06. The first-order chi connectivity index (χ1) is 15.3. The molecule has 7 heteroatoms. The minimum atomic E-state index is -0.825. The molecule has 1 fully saturated rings. The summed E-state index contributed by atoms with van der Waals surface area (Å²) in [6.07, 6.45) is 1.93. The van der Waals surface area contributed by atoms with E-state index >= 15 is 0 Å². The summed E-state index contributed by atoms with van der Waals surface area (Å²) in [7, 11) is 0. The van der Waals surface area contributed by atoms with Crippen molar-refractivity contribution >= 4 is 17.9 Å². The molecule has 0 aromatic heterocycles. The van der Waals surface area contributed by atoms with Gasteiger partial charge in [0.25, 0.3) is 0 Å². The second kappa shape index (κ2) is 11.1. The standard InChI is InChI=1S/C26H38O7/c1-13(2)11-23(32-18(7)28)26(33-19(8)29)16(5)21-12-22(31-17(6)27)15(4)20-10-9-14(3)24(20)25(21)30/h9,11,16,20-26,30H,4,10,12H2,1-3,5-8H3. The highest BCUT2D eigenvalue weighted by atomic mass is 16.6. The molecule has 8 atom stereocenters. The molecule has 33 heavy (non-hydrogen) atoms. The molecule has 2 aliphatic carbocycles. The van der Waals surface area contributed by atoms with Crippen LogP contribution in [0.2, 0.25) is 0 Å². The molecule has 0 radical (unpaired) electrons. The van der Waals surface area contributed by atoms with Crippen LogP contribution in [0, 0.1) is 23.7 Å². The predicted octanol–water partition coefficient (Wildman–Crippen LogP) is 3.90. The van der Waals surface area contributed by atoms with Crippen molar-refractivity contribution in [2.75, 3.05) is 0 Å². The molecule has 0 bridgehead atoms. The first-order valence-electron chi connectivity index (χ1n) is 11.5. The van der Waals surface area contributed by atoms with E-state index in [1.165, 1.54) is 20.8 Å². The van der Waals surface area contributed by atoms with E-state index in [4.69, 9.17) is 14.2 Å².